The van der Waals surface area contributed by atoms with E-state index < -0.39 is 0 Å². The van der Waals surface area contributed by atoms with Gasteiger partial charge in [0.25, 0.3) is 5.91 Å². The van der Waals surface area contributed by atoms with E-state index >= 15 is 0 Å². The number of aryl methyl sites for hydroxylation is 1. The Morgan fingerprint density at radius 1 is 1.43 bits per heavy atom. The Labute approximate surface area is 128 Å². The average Bonchev–Trinajstić information content (AvgIpc) is 2.99. The summed E-state index contributed by atoms with van der Waals surface area (Å²) in [6.45, 7) is 4.01. The molecule has 0 spiro atoms. The summed E-state index contributed by atoms with van der Waals surface area (Å²) in [6, 6.07) is 5.25. The summed E-state index contributed by atoms with van der Waals surface area (Å²) >= 11 is 5.96. The summed E-state index contributed by atoms with van der Waals surface area (Å²) in [5, 5.41) is 14.2. The van der Waals surface area contributed by atoms with Crippen LogP contribution in [0.3, 0.4) is 0 Å². The lowest BCUT2D eigenvalue weighted by Crippen LogP contribution is -2.26. The van der Waals surface area contributed by atoms with E-state index in [2.05, 4.69) is 20.9 Å². The minimum atomic E-state index is -0.132. The third kappa shape index (κ3) is 4.46. The predicted molar refractivity (Wildman–Crippen MR) is 82.6 cm³/mol. The first-order valence-electron chi connectivity index (χ1n) is 6.86. The molecule has 0 aliphatic rings. The third-order valence-corrected chi connectivity index (χ3v) is 3.15. The van der Waals surface area contributed by atoms with Crippen LogP contribution in [0.15, 0.2) is 30.6 Å². The number of halogens is 1. The van der Waals surface area contributed by atoms with Crippen molar-refractivity contribution in [1.29, 1.82) is 0 Å². The number of hydrogen-bond acceptors (Lipinski definition) is 4. The molecule has 21 heavy (non-hydrogen) atoms. The smallest absolute Gasteiger partial charge is 0.253 e. The molecule has 112 valence electrons. The Bertz CT molecular complexity index is 585. The first kappa shape index (κ1) is 15.3. The van der Waals surface area contributed by atoms with Gasteiger partial charge in [-0.1, -0.05) is 16.8 Å². The van der Waals surface area contributed by atoms with Crippen LogP contribution in [0.25, 0.3) is 0 Å². The van der Waals surface area contributed by atoms with Gasteiger partial charge in [0.05, 0.1) is 11.8 Å². The van der Waals surface area contributed by atoms with E-state index in [1.165, 1.54) is 0 Å². The SMILES string of the molecule is CCNc1ccc(Cl)cc1C(=O)NCCCn1ccnn1. The Balaban J connectivity index is 1.88. The molecule has 1 heterocycles. The summed E-state index contributed by atoms with van der Waals surface area (Å²) in [7, 11) is 0. The van der Waals surface area contributed by atoms with Crippen LogP contribution in [-0.4, -0.2) is 34.0 Å². The molecule has 0 saturated heterocycles. The first-order chi connectivity index (χ1) is 10.2. The van der Waals surface area contributed by atoms with Crippen molar-refractivity contribution in [3.05, 3.63) is 41.2 Å². The van der Waals surface area contributed by atoms with Gasteiger partial charge in [-0.25, -0.2) is 0 Å². The lowest BCUT2D eigenvalue weighted by atomic mass is 10.1. The highest BCUT2D eigenvalue weighted by molar-refractivity contribution is 6.31. The van der Waals surface area contributed by atoms with Crippen molar-refractivity contribution < 1.29 is 4.79 Å². The normalized spacial score (nSPS) is 10.4. The third-order valence-electron chi connectivity index (χ3n) is 2.91. The molecule has 1 amide bonds. The van der Waals surface area contributed by atoms with Crippen molar-refractivity contribution in [2.24, 2.45) is 0 Å². The zero-order valence-corrected chi connectivity index (χ0v) is 12.6. The van der Waals surface area contributed by atoms with Crippen LogP contribution in [0.4, 0.5) is 5.69 Å². The summed E-state index contributed by atoms with van der Waals surface area (Å²) in [5.41, 5.74) is 1.35. The minimum Gasteiger partial charge on any atom is -0.385 e. The van der Waals surface area contributed by atoms with Crippen LogP contribution in [-0.2, 0) is 6.54 Å². The molecule has 2 aromatic rings. The molecule has 0 unspecified atom stereocenters. The molecule has 7 heteroatoms. The molecule has 2 N–H and O–H groups in total. The Morgan fingerprint density at radius 3 is 3.00 bits per heavy atom. The van der Waals surface area contributed by atoms with Gasteiger partial charge in [0.15, 0.2) is 0 Å². The van der Waals surface area contributed by atoms with Crippen molar-refractivity contribution in [1.82, 2.24) is 20.3 Å². The van der Waals surface area contributed by atoms with Gasteiger partial charge in [0.2, 0.25) is 0 Å². The van der Waals surface area contributed by atoms with Gasteiger partial charge >= 0.3 is 0 Å². The molecular formula is C14H18ClN5O. The van der Waals surface area contributed by atoms with Crippen LogP contribution < -0.4 is 10.6 Å². The molecule has 0 aliphatic carbocycles. The number of anilines is 1. The van der Waals surface area contributed by atoms with E-state index in [4.69, 9.17) is 11.6 Å². The molecule has 6 nitrogen and oxygen atoms in total. The van der Waals surface area contributed by atoms with Gasteiger partial charge in [0.1, 0.15) is 0 Å². The minimum absolute atomic E-state index is 0.132. The van der Waals surface area contributed by atoms with Gasteiger partial charge in [-0.3, -0.25) is 9.48 Å². The highest BCUT2D eigenvalue weighted by atomic mass is 35.5. The number of rotatable bonds is 7. The quantitative estimate of drug-likeness (QED) is 0.769. The largest absolute Gasteiger partial charge is 0.385 e. The second kappa shape index (κ2) is 7.64. The van der Waals surface area contributed by atoms with Gasteiger partial charge < -0.3 is 10.6 Å². The number of aromatic nitrogens is 3. The fourth-order valence-corrected chi connectivity index (χ4v) is 2.11. The Kier molecular flexibility index (Phi) is 5.57. The van der Waals surface area contributed by atoms with Crippen molar-refractivity contribution in [3.8, 4) is 0 Å². The van der Waals surface area contributed by atoms with Gasteiger partial charge in [0, 0.05) is 36.5 Å². The molecule has 1 aromatic carbocycles. The van der Waals surface area contributed by atoms with E-state index in [0.29, 0.717) is 17.1 Å². The molecule has 0 bridgehead atoms. The monoisotopic (exact) mass is 307 g/mol. The van der Waals surface area contributed by atoms with Crippen molar-refractivity contribution in [3.63, 3.8) is 0 Å². The highest BCUT2D eigenvalue weighted by Crippen LogP contribution is 2.20. The van der Waals surface area contributed by atoms with E-state index in [1.807, 2.05) is 13.0 Å². The second-order valence-electron chi connectivity index (χ2n) is 4.50. The summed E-state index contributed by atoms with van der Waals surface area (Å²) in [6.07, 6.45) is 4.21. The van der Waals surface area contributed by atoms with E-state index in [9.17, 15) is 4.79 Å². The maximum Gasteiger partial charge on any atom is 0.253 e. The number of benzene rings is 1. The Hall–Kier alpha value is -2.08. The van der Waals surface area contributed by atoms with Crippen LogP contribution in [0.2, 0.25) is 5.02 Å². The lowest BCUT2D eigenvalue weighted by Gasteiger charge is -2.11. The standard InChI is InChI=1S/C14H18ClN5O/c1-2-16-13-5-4-11(15)10-12(13)14(21)17-6-3-8-20-9-7-18-19-20/h4-5,7,9-10,16H,2-3,6,8H2,1H3,(H,17,21). The van der Waals surface area contributed by atoms with Crippen molar-refractivity contribution in [2.45, 2.75) is 19.9 Å². The fraction of sp³-hybridized carbons (Fsp3) is 0.357. The number of carbonyl (C=O) groups excluding carboxylic acids is 1. The van der Waals surface area contributed by atoms with E-state index in [0.717, 1.165) is 25.2 Å². The maximum atomic E-state index is 12.2. The maximum absolute atomic E-state index is 12.2. The van der Waals surface area contributed by atoms with Crippen molar-refractivity contribution >= 4 is 23.2 Å². The molecule has 2 rings (SSSR count). The molecule has 0 saturated carbocycles. The van der Waals surface area contributed by atoms with Crippen molar-refractivity contribution in [2.75, 3.05) is 18.4 Å². The van der Waals surface area contributed by atoms with Gasteiger partial charge in [-0.05, 0) is 31.5 Å². The van der Waals surface area contributed by atoms with Crippen LogP contribution in [0.5, 0.6) is 0 Å². The predicted octanol–water partition coefficient (Wildman–Crippen LogP) is 2.18. The van der Waals surface area contributed by atoms with Crippen LogP contribution in [0.1, 0.15) is 23.7 Å². The Morgan fingerprint density at radius 2 is 2.29 bits per heavy atom. The number of nitrogens with zero attached hydrogens (tertiary/aromatic N) is 3. The first-order valence-corrected chi connectivity index (χ1v) is 7.24. The van der Waals surface area contributed by atoms with E-state index in [-0.39, 0.29) is 5.91 Å². The van der Waals surface area contributed by atoms with Crippen LogP contribution in [0, 0.1) is 0 Å². The summed E-state index contributed by atoms with van der Waals surface area (Å²) in [4.78, 5) is 12.2. The average molecular weight is 308 g/mol. The summed E-state index contributed by atoms with van der Waals surface area (Å²) < 4.78 is 1.73. The second-order valence-corrected chi connectivity index (χ2v) is 4.93. The molecule has 0 atom stereocenters. The zero-order chi connectivity index (χ0) is 15.1. The molecule has 0 aliphatic heterocycles. The fourth-order valence-electron chi connectivity index (χ4n) is 1.94. The molecule has 1 aromatic heterocycles. The molecular weight excluding hydrogens is 290 g/mol. The van der Waals surface area contributed by atoms with E-state index in [1.54, 1.807) is 29.2 Å². The number of hydrogen-bond donors (Lipinski definition) is 2. The van der Waals surface area contributed by atoms with Crippen LogP contribution >= 0.6 is 11.6 Å². The number of nitrogens with one attached hydrogen (secondary N) is 2. The highest BCUT2D eigenvalue weighted by Gasteiger charge is 2.11. The number of amides is 1. The van der Waals surface area contributed by atoms with Gasteiger partial charge in [-0.15, -0.1) is 5.10 Å². The lowest BCUT2D eigenvalue weighted by molar-refractivity contribution is 0.0953. The molecule has 0 fully saturated rings. The summed E-state index contributed by atoms with van der Waals surface area (Å²) in [5.74, 6) is -0.132. The van der Waals surface area contributed by atoms with Gasteiger partial charge in [-0.2, -0.15) is 0 Å². The molecule has 0 radical (unpaired) electrons. The topological polar surface area (TPSA) is 71.8 Å². The zero-order valence-electron chi connectivity index (χ0n) is 11.8. The number of carbonyl (C=O) groups is 1.